The first-order valence-electron chi connectivity index (χ1n) is 8.17. The van der Waals surface area contributed by atoms with Gasteiger partial charge in [0.1, 0.15) is 0 Å². The predicted molar refractivity (Wildman–Crippen MR) is 92.6 cm³/mol. The van der Waals surface area contributed by atoms with Gasteiger partial charge in [-0.3, -0.25) is 4.79 Å². The zero-order valence-electron chi connectivity index (χ0n) is 14.4. The summed E-state index contributed by atoms with van der Waals surface area (Å²) in [5.74, 6) is -0.124. The van der Waals surface area contributed by atoms with Crippen molar-refractivity contribution in [3.05, 3.63) is 29.8 Å². The number of morpholine rings is 1. The van der Waals surface area contributed by atoms with E-state index in [0.717, 1.165) is 5.56 Å². The zero-order valence-corrected chi connectivity index (χ0v) is 15.2. The fraction of sp³-hybridized carbons (Fsp3) is 0.562. The first-order chi connectivity index (χ1) is 12.0. The van der Waals surface area contributed by atoms with Gasteiger partial charge in [-0.05, 0) is 17.7 Å². The summed E-state index contributed by atoms with van der Waals surface area (Å²) in [5.41, 5.74) is 0.839. The number of sulfonamides is 1. The highest BCUT2D eigenvalue weighted by Gasteiger charge is 2.25. The normalized spacial score (nSPS) is 15.9. The smallest absolute Gasteiger partial charge is 0.243 e. The predicted octanol–water partition coefficient (Wildman–Crippen LogP) is -0.440. The molecule has 1 saturated heterocycles. The molecular weight excluding hydrogens is 346 g/mol. The molecule has 0 aliphatic carbocycles. The lowest BCUT2D eigenvalue weighted by Gasteiger charge is -2.26. The molecule has 1 aromatic rings. The number of hydrogen-bond donors (Lipinski definition) is 2. The van der Waals surface area contributed by atoms with Crippen molar-refractivity contribution in [3.8, 4) is 0 Å². The Morgan fingerprint density at radius 1 is 1.24 bits per heavy atom. The average molecular weight is 371 g/mol. The Bertz CT molecular complexity index is 642. The molecule has 1 aromatic carbocycles. The van der Waals surface area contributed by atoms with Crippen molar-refractivity contribution < 1.29 is 22.7 Å². The molecule has 25 heavy (non-hydrogen) atoms. The summed E-state index contributed by atoms with van der Waals surface area (Å²) in [7, 11) is -1.88. The van der Waals surface area contributed by atoms with Gasteiger partial charge >= 0.3 is 0 Å². The van der Waals surface area contributed by atoms with Gasteiger partial charge in [0.2, 0.25) is 15.9 Å². The highest BCUT2D eigenvalue weighted by atomic mass is 32.2. The minimum atomic E-state index is -3.48. The number of rotatable bonds is 9. The molecule has 1 heterocycles. The molecule has 0 spiro atoms. The van der Waals surface area contributed by atoms with Gasteiger partial charge in [0.15, 0.2) is 0 Å². The third-order valence-electron chi connectivity index (χ3n) is 3.79. The second-order valence-electron chi connectivity index (χ2n) is 5.61. The maximum atomic E-state index is 12.5. The molecule has 0 radical (unpaired) electrons. The summed E-state index contributed by atoms with van der Waals surface area (Å²) < 4.78 is 36.5. The van der Waals surface area contributed by atoms with Crippen molar-refractivity contribution in [2.45, 2.75) is 11.4 Å². The Kier molecular flexibility index (Phi) is 7.79. The highest BCUT2D eigenvalue weighted by Crippen LogP contribution is 2.17. The van der Waals surface area contributed by atoms with Crippen LogP contribution in [-0.4, -0.2) is 71.7 Å². The van der Waals surface area contributed by atoms with E-state index in [1.165, 1.54) is 4.31 Å². The van der Waals surface area contributed by atoms with E-state index in [4.69, 9.17) is 9.47 Å². The summed E-state index contributed by atoms with van der Waals surface area (Å²) in [6, 6.07) is 6.57. The van der Waals surface area contributed by atoms with E-state index in [2.05, 4.69) is 10.6 Å². The molecule has 0 saturated carbocycles. The molecule has 9 heteroatoms. The van der Waals surface area contributed by atoms with Crippen LogP contribution in [0, 0.1) is 0 Å². The van der Waals surface area contributed by atoms with Crippen molar-refractivity contribution in [3.63, 3.8) is 0 Å². The number of carbonyl (C=O) groups excluding carboxylic acids is 1. The Balaban J connectivity index is 1.84. The van der Waals surface area contributed by atoms with Crippen molar-refractivity contribution in [1.29, 1.82) is 0 Å². The largest absolute Gasteiger partial charge is 0.383 e. The second-order valence-corrected chi connectivity index (χ2v) is 7.54. The highest BCUT2D eigenvalue weighted by molar-refractivity contribution is 7.89. The van der Waals surface area contributed by atoms with E-state index >= 15 is 0 Å². The summed E-state index contributed by atoms with van der Waals surface area (Å²) in [6.07, 6.45) is 0. The standard InChI is InChI=1S/C16H25N3O5S/c1-23-9-6-17-13-16(20)18-12-14-2-4-15(5-3-14)25(21,22)19-7-10-24-11-8-19/h2-5,17H,6-13H2,1H3,(H,18,20). The van der Waals surface area contributed by atoms with Gasteiger partial charge in [0, 0.05) is 33.3 Å². The van der Waals surface area contributed by atoms with Crippen LogP contribution < -0.4 is 10.6 Å². The number of ether oxygens (including phenoxy) is 2. The molecule has 2 rings (SSSR count). The minimum absolute atomic E-state index is 0.124. The Hall–Kier alpha value is -1.52. The molecule has 0 aromatic heterocycles. The van der Waals surface area contributed by atoms with E-state index < -0.39 is 10.0 Å². The molecule has 1 aliphatic heterocycles. The maximum absolute atomic E-state index is 12.5. The first-order valence-corrected chi connectivity index (χ1v) is 9.61. The SMILES string of the molecule is COCCNCC(=O)NCc1ccc(S(=O)(=O)N2CCOCC2)cc1. The number of benzene rings is 1. The monoisotopic (exact) mass is 371 g/mol. The van der Waals surface area contributed by atoms with Crippen LogP contribution in [-0.2, 0) is 30.8 Å². The number of methoxy groups -OCH3 is 1. The number of hydrogen-bond acceptors (Lipinski definition) is 6. The van der Waals surface area contributed by atoms with Gasteiger partial charge < -0.3 is 20.1 Å². The van der Waals surface area contributed by atoms with Gasteiger partial charge in [0.25, 0.3) is 0 Å². The molecule has 1 fully saturated rings. The Morgan fingerprint density at radius 2 is 1.92 bits per heavy atom. The van der Waals surface area contributed by atoms with Crippen LogP contribution >= 0.6 is 0 Å². The lowest BCUT2D eigenvalue weighted by molar-refractivity contribution is -0.120. The molecule has 1 amide bonds. The van der Waals surface area contributed by atoms with Gasteiger partial charge in [0.05, 0.1) is 31.3 Å². The van der Waals surface area contributed by atoms with Crippen molar-refractivity contribution >= 4 is 15.9 Å². The maximum Gasteiger partial charge on any atom is 0.243 e. The van der Waals surface area contributed by atoms with Gasteiger partial charge in [-0.15, -0.1) is 0 Å². The fourth-order valence-electron chi connectivity index (χ4n) is 2.35. The second kappa shape index (κ2) is 9.83. The molecule has 140 valence electrons. The lowest BCUT2D eigenvalue weighted by Crippen LogP contribution is -2.40. The van der Waals surface area contributed by atoms with Crippen LogP contribution in [0.25, 0.3) is 0 Å². The molecule has 0 atom stereocenters. The summed E-state index contributed by atoms with van der Waals surface area (Å²) in [5, 5.41) is 5.73. The number of nitrogens with zero attached hydrogens (tertiary/aromatic N) is 1. The number of amides is 1. The molecular formula is C16H25N3O5S. The third kappa shape index (κ3) is 6.05. The zero-order chi connectivity index (χ0) is 18.1. The molecule has 8 nitrogen and oxygen atoms in total. The number of carbonyl (C=O) groups is 1. The van der Waals surface area contributed by atoms with E-state index in [0.29, 0.717) is 46.0 Å². The van der Waals surface area contributed by atoms with Crippen LogP contribution in [0.4, 0.5) is 0 Å². The van der Waals surface area contributed by atoms with Gasteiger partial charge in [-0.1, -0.05) is 12.1 Å². The van der Waals surface area contributed by atoms with Gasteiger partial charge in [-0.25, -0.2) is 8.42 Å². The molecule has 2 N–H and O–H groups in total. The van der Waals surface area contributed by atoms with E-state index in [9.17, 15) is 13.2 Å². The van der Waals surface area contributed by atoms with Crippen LogP contribution in [0.5, 0.6) is 0 Å². The number of nitrogens with one attached hydrogen (secondary N) is 2. The summed E-state index contributed by atoms with van der Waals surface area (Å²) >= 11 is 0. The summed E-state index contributed by atoms with van der Waals surface area (Å²) in [4.78, 5) is 11.9. The topological polar surface area (TPSA) is 97.0 Å². The van der Waals surface area contributed by atoms with E-state index in [-0.39, 0.29) is 17.3 Å². The van der Waals surface area contributed by atoms with Crippen LogP contribution in [0.1, 0.15) is 5.56 Å². The average Bonchev–Trinajstić information content (AvgIpc) is 2.64. The van der Waals surface area contributed by atoms with Crippen molar-refractivity contribution in [2.75, 3.05) is 53.1 Å². The molecule has 1 aliphatic rings. The molecule has 0 bridgehead atoms. The fourth-order valence-corrected chi connectivity index (χ4v) is 3.76. The van der Waals surface area contributed by atoms with Crippen LogP contribution in [0.15, 0.2) is 29.2 Å². The van der Waals surface area contributed by atoms with Crippen molar-refractivity contribution in [1.82, 2.24) is 14.9 Å². The van der Waals surface area contributed by atoms with E-state index in [1.807, 2.05) is 0 Å². The Labute approximate surface area is 148 Å². The Morgan fingerprint density at radius 3 is 2.56 bits per heavy atom. The van der Waals surface area contributed by atoms with E-state index in [1.54, 1.807) is 31.4 Å². The summed E-state index contributed by atoms with van der Waals surface area (Å²) in [6.45, 7) is 3.30. The van der Waals surface area contributed by atoms with Gasteiger partial charge in [-0.2, -0.15) is 4.31 Å². The first kappa shape index (κ1) is 19.8. The van der Waals surface area contributed by atoms with Crippen molar-refractivity contribution in [2.24, 2.45) is 0 Å². The van der Waals surface area contributed by atoms with Crippen LogP contribution in [0.2, 0.25) is 0 Å². The van der Waals surface area contributed by atoms with Crippen LogP contribution in [0.3, 0.4) is 0 Å². The molecule has 0 unspecified atom stereocenters. The quantitative estimate of drug-likeness (QED) is 0.571. The lowest BCUT2D eigenvalue weighted by atomic mass is 10.2. The third-order valence-corrected chi connectivity index (χ3v) is 5.70. The minimum Gasteiger partial charge on any atom is -0.383 e.